The fourth-order valence-corrected chi connectivity index (χ4v) is 1.34. The van der Waals surface area contributed by atoms with Gasteiger partial charge in [-0.05, 0) is 5.56 Å². The molecule has 0 unspecified atom stereocenters. The number of hydrogen-bond donors (Lipinski definition) is 0. The zero-order chi connectivity index (χ0) is 9.52. The lowest BCUT2D eigenvalue weighted by molar-refractivity contribution is -0.127. The van der Waals surface area contributed by atoms with Crippen molar-refractivity contribution in [2.75, 3.05) is 0 Å². The van der Waals surface area contributed by atoms with E-state index in [0.717, 1.165) is 23.7 Å². The summed E-state index contributed by atoms with van der Waals surface area (Å²) in [5.41, 5.74) is 1.13. The molecule has 0 N–H and O–H groups in total. The van der Waals surface area contributed by atoms with E-state index in [4.69, 9.17) is 4.18 Å². The fraction of sp³-hybridized carbons (Fsp3) is 0.100. The Balaban J connectivity index is 2.28. The minimum atomic E-state index is -0.402. The molecule has 1 aromatic carbocycles. The van der Waals surface area contributed by atoms with Crippen molar-refractivity contribution in [2.24, 2.45) is 0 Å². The molecule has 0 aliphatic rings. The van der Waals surface area contributed by atoms with Crippen molar-refractivity contribution >= 4 is 18.0 Å². The number of carbonyl (C=O) groups is 1. The zero-order valence-corrected chi connectivity index (χ0v) is 7.92. The number of hydrogen-bond acceptors (Lipinski definition) is 3. The summed E-state index contributed by atoms with van der Waals surface area (Å²) < 4.78 is 4.75. The van der Waals surface area contributed by atoms with E-state index < -0.39 is 5.97 Å². The van der Waals surface area contributed by atoms with Crippen molar-refractivity contribution in [1.82, 2.24) is 0 Å². The highest BCUT2D eigenvalue weighted by molar-refractivity contribution is 7.94. The molecule has 13 heavy (non-hydrogen) atoms. The average molecular weight is 194 g/mol. The van der Waals surface area contributed by atoms with Crippen molar-refractivity contribution in [3.05, 3.63) is 48.6 Å². The second kappa shape index (κ2) is 5.43. The summed E-state index contributed by atoms with van der Waals surface area (Å²) in [5.74, 6) is 0.265. The van der Waals surface area contributed by atoms with Crippen LogP contribution in [0.5, 0.6) is 0 Å². The van der Waals surface area contributed by atoms with Gasteiger partial charge in [-0.1, -0.05) is 36.9 Å². The minimum Gasteiger partial charge on any atom is -0.388 e. The van der Waals surface area contributed by atoms with Gasteiger partial charge in [0, 0.05) is 6.08 Å². The molecular weight excluding hydrogens is 184 g/mol. The van der Waals surface area contributed by atoms with Crippen molar-refractivity contribution in [3.8, 4) is 0 Å². The highest BCUT2D eigenvalue weighted by atomic mass is 32.2. The monoisotopic (exact) mass is 194 g/mol. The van der Waals surface area contributed by atoms with Crippen molar-refractivity contribution < 1.29 is 8.98 Å². The van der Waals surface area contributed by atoms with Crippen LogP contribution in [0.15, 0.2) is 43.0 Å². The summed E-state index contributed by atoms with van der Waals surface area (Å²) in [5, 5.41) is 0. The zero-order valence-electron chi connectivity index (χ0n) is 7.10. The van der Waals surface area contributed by atoms with E-state index in [2.05, 4.69) is 6.58 Å². The smallest absolute Gasteiger partial charge is 0.342 e. The first-order valence-electron chi connectivity index (χ1n) is 3.82. The molecule has 0 saturated heterocycles. The van der Waals surface area contributed by atoms with Crippen LogP contribution in [-0.2, 0) is 14.7 Å². The molecule has 0 aliphatic carbocycles. The summed E-state index contributed by atoms with van der Waals surface area (Å²) in [6.07, 6.45) is 1.15. The predicted molar refractivity (Wildman–Crippen MR) is 54.0 cm³/mol. The molecular formula is C10H10O2S. The molecule has 0 heterocycles. The van der Waals surface area contributed by atoms with Crippen LogP contribution in [0.2, 0.25) is 0 Å². The van der Waals surface area contributed by atoms with Crippen LogP contribution in [0, 0.1) is 0 Å². The third-order valence-corrected chi connectivity index (χ3v) is 2.11. The number of rotatable bonds is 4. The summed E-state index contributed by atoms with van der Waals surface area (Å²) in [6.45, 7) is 3.30. The third kappa shape index (κ3) is 3.80. The Morgan fingerprint density at radius 3 is 2.77 bits per heavy atom. The van der Waals surface area contributed by atoms with Crippen LogP contribution in [0.1, 0.15) is 5.56 Å². The highest BCUT2D eigenvalue weighted by Crippen LogP contribution is 2.12. The van der Waals surface area contributed by atoms with E-state index >= 15 is 0 Å². The Labute approximate surface area is 81.8 Å². The molecule has 0 aliphatic heterocycles. The van der Waals surface area contributed by atoms with Gasteiger partial charge in [0.1, 0.15) is 0 Å². The van der Waals surface area contributed by atoms with E-state index in [1.165, 1.54) is 0 Å². The van der Waals surface area contributed by atoms with Gasteiger partial charge in [-0.25, -0.2) is 4.79 Å². The van der Waals surface area contributed by atoms with E-state index in [-0.39, 0.29) is 0 Å². The Morgan fingerprint density at radius 1 is 1.46 bits per heavy atom. The summed E-state index contributed by atoms with van der Waals surface area (Å²) in [7, 11) is 0. The lowest BCUT2D eigenvalue weighted by Gasteiger charge is -1.99. The fourth-order valence-electron chi connectivity index (χ4n) is 0.764. The number of benzene rings is 1. The molecule has 3 heteroatoms. The molecule has 1 aromatic rings. The maximum Gasteiger partial charge on any atom is 0.342 e. The molecule has 0 saturated carbocycles. The normalized spacial score (nSPS) is 9.23. The maximum absolute atomic E-state index is 10.6. The molecule has 0 aromatic heterocycles. The van der Waals surface area contributed by atoms with E-state index in [9.17, 15) is 4.79 Å². The van der Waals surface area contributed by atoms with Crippen molar-refractivity contribution in [3.63, 3.8) is 0 Å². The molecule has 0 radical (unpaired) electrons. The average Bonchev–Trinajstić information content (AvgIpc) is 2.19. The Morgan fingerprint density at radius 2 is 2.15 bits per heavy atom. The topological polar surface area (TPSA) is 26.3 Å². The second-order valence-corrected chi connectivity index (χ2v) is 3.05. The molecule has 0 amide bonds. The second-order valence-electron chi connectivity index (χ2n) is 2.35. The first-order valence-corrected chi connectivity index (χ1v) is 4.74. The molecule has 2 nitrogen and oxygen atoms in total. The van der Waals surface area contributed by atoms with E-state index in [0.29, 0.717) is 5.75 Å². The van der Waals surface area contributed by atoms with Gasteiger partial charge >= 0.3 is 5.97 Å². The van der Waals surface area contributed by atoms with Crippen LogP contribution in [0.25, 0.3) is 0 Å². The largest absolute Gasteiger partial charge is 0.388 e. The van der Waals surface area contributed by atoms with Gasteiger partial charge < -0.3 is 4.18 Å². The maximum atomic E-state index is 10.6. The van der Waals surface area contributed by atoms with Crippen LogP contribution in [0.4, 0.5) is 0 Å². The van der Waals surface area contributed by atoms with Gasteiger partial charge in [0.15, 0.2) is 0 Å². The first-order chi connectivity index (χ1) is 6.33. The first kappa shape index (κ1) is 9.86. The summed E-state index contributed by atoms with van der Waals surface area (Å²) in [4.78, 5) is 10.6. The van der Waals surface area contributed by atoms with Gasteiger partial charge in [0.25, 0.3) is 0 Å². The van der Waals surface area contributed by atoms with E-state index in [1.807, 2.05) is 30.3 Å². The molecule has 0 bridgehead atoms. The van der Waals surface area contributed by atoms with Gasteiger partial charge in [-0.2, -0.15) is 0 Å². The predicted octanol–water partition coefficient (Wildman–Crippen LogP) is 2.56. The molecule has 1 rings (SSSR count). The van der Waals surface area contributed by atoms with Crippen LogP contribution in [-0.4, -0.2) is 5.97 Å². The quantitative estimate of drug-likeness (QED) is 0.544. The third-order valence-electron chi connectivity index (χ3n) is 1.38. The van der Waals surface area contributed by atoms with Crippen LogP contribution in [0.3, 0.4) is 0 Å². The minimum absolute atomic E-state index is 0.402. The Hall–Kier alpha value is -1.22. The molecule has 0 fully saturated rings. The highest BCUT2D eigenvalue weighted by Gasteiger charge is 1.97. The van der Waals surface area contributed by atoms with Gasteiger partial charge in [-0.15, -0.1) is 0 Å². The standard InChI is InChI=1S/C10H10O2S/c1-2-10(11)12-13-8-9-6-4-3-5-7-9/h2-7H,1,8H2. The van der Waals surface area contributed by atoms with Crippen LogP contribution >= 0.6 is 12.0 Å². The molecule has 68 valence electrons. The molecule has 0 spiro atoms. The van der Waals surface area contributed by atoms with Crippen molar-refractivity contribution in [1.29, 1.82) is 0 Å². The lowest BCUT2D eigenvalue weighted by atomic mass is 10.2. The Bertz CT molecular complexity index is 282. The van der Waals surface area contributed by atoms with Gasteiger partial charge in [0.05, 0.1) is 17.8 Å². The van der Waals surface area contributed by atoms with Gasteiger partial charge in [-0.3, -0.25) is 0 Å². The summed E-state index contributed by atoms with van der Waals surface area (Å²) in [6, 6.07) is 9.81. The van der Waals surface area contributed by atoms with Gasteiger partial charge in [0.2, 0.25) is 0 Å². The SMILES string of the molecule is C=CC(=O)OSCc1ccccc1. The van der Waals surface area contributed by atoms with Crippen LogP contribution < -0.4 is 0 Å². The lowest BCUT2D eigenvalue weighted by Crippen LogP contribution is -1.92. The molecule has 0 atom stereocenters. The van der Waals surface area contributed by atoms with Crippen molar-refractivity contribution in [2.45, 2.75) is 5.75 Å². The number of carbonyl (C=O) groups excluding carboxylic acids is 1. The van der Waals surface area contributed by atoms with E-state index in [1.54, 1.807) is 0 Å². The Kier molecular flexibility index (Phi) is 4.12. The summed E-state index contributed by atoms with van der Waals surface area (Å²) >= 11 is 1.12.